The van der Waals surface area contributed by atoms with Crippen molar-refractivity contribution in [1.29, 1.82) is 0 Å². The number of nitro groups is 1. The number of aromatic nitrogens is 1. The highest BCUT2D eigenvalue weighted by Crippen LogP contribution is 2.53. The summed E-state index contributed by atoms with van der Waals surface area (Å²) in [5, 5.41) is 11.1. The SMILES string of the molecule is CC(C)(C)OC(=O)N1C(C)(C)C(C)(C)N(c2ccc([N+](=O)[O-])nc2)C(C)(C)C1(C)C. The Morgan fingerprint density at radius 3 is 1.77 bits per heavy atom. The average Bonchev–Trinajstić information content (AvgIpc) is 2.51. The van der Waals surface area contributed by atoms with Gasteiger partial charge in [0, 0.05) is 6.07 Å². The molecule has 1 amide bonds. The van der Waals surface area contributed by atoms with Crippen molar-refractivity contribution in [3.05, 3.63) is 28.4 Å². The van der Waals surface area contributed by atoms with Crippen LogP contribution in [0, 0.1) is 10.1 Å². The molecule has 1 aliphatic rings. The Kier molecular flexibility index (Phi) is 5.43. The predicted molar refractivity (Wildman–Crippen MR) is 118 cm³/mol. The van der Waals surface area contributed by atoms with Crippen LogP contribution in [0.3, 0.4) is 0 Å². The van der Waals surface area contributed by atoms with Crippen molar-refractivity contribution in [2.45, 2.75) is 104 Å². The summed E-state index contributed by atoms with van der Waals surface area (Å²) in [5.41, 5.74) is -2.24. The van der Waals surface area contributed by atoms with Gasteiger partial charge in [-0.25, -0.2) is 4.79 Å². The Bertz CT molecular complexity index is 808. The number of carbonyl (C=O) groups excluding carboxylic acids is 1. The minimum absolute atomic E-state index is 0.194. The van der Waals surface area contributed by atoms with Gasteiger partial charge in [0.25, 0.3) is 0 Å². The molecule has 2 heterocycles. The largest absolute Gasteiger partial charge is 0.444 e. The molecule has 1 aromatic heterocycles. The van der Waals surface area contributed by atoms with Crippen LogP contribution in [0.5, 0.6) is 0 Å². The van der Waals surface area contributed by atoms with Gasteiger partial charge in [-0.2, -0.15) is 0 Å². The van der Waals surface area contributed by atoms with E-state index in [0.717, 1.165) is 5.69 Å². The van der Waals surface area contributed by atoms with Crippen LogP contribution < -0.4 is 4.90 Å². The number of hydrogen-bond acceptors (Lipinski definition) is 6. The first kappa shape index (κ1) is 23.9. The van der Waals surface area contributed by atoms with E-state index in [1.807, 2.05) is 53.4 Å². The van der Waals surface area contributed by atoms with E-state index >= 15 is 0 Å². The highest BCUT2D eigenvalue weighted by Gasteiger charge is 2.65. The van der Waals surface area contributed by atoms with Gasteiger partial charge < -0.3 is 19.8 Å². The van der Waals surface area contributed by atoms with Gasteiger partial charge in [-0.15, -0.1) is 0 Å². The molecule has 1 saturated heterocycles. The lowest BCUT2D eigenvalue weighted by Crippen LogP contribution is -2.85. The number of ether oxygens (including phenoxy) is 1. The standard InChI is InChI=1S/C22H36N4O4/c1-18(2,3)30-17(27)25-21(8,9)19(4,5)24(20(6,7)22(25,10)11)15-12-13-16(23-14-15)26(28)29/h12-14H,1-11H3. The fraction of sp³-hybridized carbons (Fsp3) is 0.727. The van der Waals surface area contributed by atoms with Gasteiger partial charge in [0.2, 0.25) is 0 Å². The topological polar surface area (TPSA) is 88.8 Å². The second-order valence-electron chi connectivity index (χ2n) is 11.0. The third kappa shape index (κ3) is 3.50. The van der Waals surface area contributed by atoms with Gasteiger partial charge in [0.15, 0.2) is 6.20 Å². The lowest BCUT2D eigenvalue weighted by Gasteiger charge is -2.71. The van der Waals surface area contributed by atoms with Gasteiger partial charge >= 0.3 is 11.9 Å². The van der Waals surface area contributed by atoms with E-state index < -0.39 is 32.7 Å². The number of carbonyl (C=O) groups is 1. The van der Waals surface area contributed by atoms with Crippen LogP contribution in [-0.2, 0) is 4.74 Å². The minimum atomic E-state index is -0.643. The molecule has 0 saturated carbocycles. The lowest BCUT2D eigenvalue weighted by atomic mass is 9.65. The molecule has 0 unspecified atom stereocenters. The van der Waals surface area contributed by atoms with Gasteiger partial charge in [-0.05, 0) is 92.1 Å². The van der Waals surface area contributed by atoms with Crippen LogP contribution in [0.25, 0.3) is 0 Å². The van der Waals surface area contributed by atoms with Crippen LogP contribution in [0.4, 0.5) is 16.3 Å². The summed E-state index contributed by atoms with van der Waals surface area (Å²) in [6.07, 6.45) is 1.18. The summed E-state index contributed by atoms with van der Waals surface area (Å²) in [6, 6.07) is 3.14. The van der Waals surface area contributed by atoms with E-state index in [-0.39, 0.29) is 11.9 Å². The lowest BCUT2D eigenvalue weighted by molar-refractivity contribution is -0.389. The van der Waals surface area contributed by atoms with Crippen LogP contribution in [0.2, 0.25) is 0 Å². The highest BCUT2D eigenvalue weighted by molar-refractivity contribution is 5.73. The first-order valence-electron chi connectivity index (χ1n) is 10.2. The second-order valence-corrected chi connectivity index (χ2v) is 11.0. The van der Waals surface area contributed by atoms with Crippen LogP contribution in [0.15, 0.2) is 18.3 Å². The molecule has 0 aromatic carbocycles. The first-order chi connectivity index (χ1) is 13.3. The molecule has 1 fully saturated rings. The molecule has 2 rings (SSSR count). The summed E-state index contributed by atoms with van der Waals surface area (Å²) in [4.78, 5) is 32.0. The number of piperazine rings is 1. The zero-order chi connectivity index (χ0) is 23.5. The zero-order valence-corrected chi connectivity index (χ0v) is 20.2. The first-order valence-corrected chi connectivity index (χ1v) is 10.2. The smallest absolute Gasteiger partial charge is 0.411 e. The van der Waals surface area contributed by atoms with E-state index in [4.69, 9.17) is 4.74 Å². The quantitative estimate of drug-likeness (QED) is 0.485. The predicted octanol–water partition coefficient (Wildman–Crippen LogP) is 5.16. The summed E-state index contributed by atoms with van der Waals surface area (Å²) in [7, 11) is 0. The molecule has 0 radical (unpaired) electrons. The molecule has 8 nitrogen and oxygen atoms in total. The summed E-state index contributed by atoms with van der Waals surface area (Å²) < 4.78 is 5.80. The number of anilines is 1. The Morgan fingerprint density at radius 1 is 0.967 bits per heavy atom. The van der Waals surface area contributed by atoms with Crippen LogP contribution in [0.1, 0.15) is 76.2 Å². The van der Waals surface area contributed by atoms with Crippen molar-refractivity contribution in [3.63, 3.8) is 0 Å². The number of pyridine rings is 1. The Labute approximate surface area is 179 Å². The van der Waals surface area contributed by atoms with E-state index in [2.05, 4.69) is 37.6 Å². The second kappa shape index (κ2) is 6.82. The van der Waals surface area contributed by atoms with Crippen molar-refractivity contribution in [2.24, 2.45) is 0 Å². The maximum absolute atomic E-state index is 13.4. The molecule has 0 N–H and O–H groups in total. The van der Waals surface area contributed by atoms with Crippen LogP contribution >= 0.6 is 0 Å². The number of amides is 1. The Morgan fingerprint density at radius 2 is 1.43 bits per heavy atom. The third-order valence-corrected chi connectivity index (χ3v) is 6.98. The van der Waals surface area contributed by atoms with Gasteiger partial charge in [0.05, 0.1) is 27.8 Å². The third-order valence-electron chi connectivity index (χ3n) is 6.98. The molecular weight excluding hydrogens is 384 g/mol. The average molecular weight is 421 g/mol. The molecule has 30 heavy (non-hydrogen) atoms. The maximum Gasteiger partial charge on any atom is 0.411 e. The molecule has 0 aliphatic carbocycles. The number of rotatable bonds is 2. The summed E-state index contributed by atoms with van der Waals surface area (Å²) in [5.74, 6) is -0.194. The van der Waals surface area contributed by atoms with Gasteiger partial charge in [0.1, 0.15) is 5.60 Å². The van der Waals surface area contributed by atoms with Crippen molar-refractivity contribution >= 4 is 17.6 Å². The Balaban J connectivity index is 2.67. The Hall–Kier alpha value is -2.38. The van der Waals surface area contributed by atoms with E-state index in [1.165, 1.54) is 12.3 Å². The normalized spacial score (nSPS) is 21.8. The van der Waals surface area contributed by atoms with Gasteiger partial charge in [-0.3, -0.25) is 4.90 Å². The molecule has 0 spiro atoms. The molecule has 1 aliphatic heterocycles. The van der Waals surface area contributed by atoms with E-state index in [1.54, 1.807) is 6.07 Å². The molecule has 8 heteroatoms. The molecule has 0 atom stereocenters. The highest BCUT2D eigenvalue weighted by atomic mass is 16.6. The molecule has 1 aromatic rings. The van der Waals surface area contributed by atoms with Crippen molar-refractivity contribution in [1.82, 2.24) is 9.88 Å². The summed E-state index contributed by atoms with van der Waals surface area (Å²) >= 11 is 0. The minimum Gasteiger partial charge on any atom is -0.444 e. The fourth-order valence-corrected chi connectivity index (χ4v) is 4.52. The molecular formula is C22H36N4O4. The van der Waals surface area contributed by atoms with Crippen LogP contribution in [-0.4, -0.2) is 48.7 Å². The van der Waals surface area contributed by atoms with Crippen molar-refractivity contribution < 1.29 is 14.5 Å². The zero-order valence-electron chi connectivity index (χ0n) is 20.2. The maximum atomic E-state index is 13.4. The molecule has 168 valence electrons. The van der Waals surface area contributed by atoms with Crippen molar-refractivity contribution in [3.8, 4) is 0 Å². The van der Waals surface area contributed by atoms with Crippen molar-refractivity contribution in [2.75, 3.05) is 4.90 Å². The monoisotopic (exact) mass is 420 g/mol. The molecule has 0 bridgehead atoms. The van der Waals surface area contributed by atoms with Gasteiger partial charge in [-0.1, -0.05) is 0 Å². The van der Waals surface area contributed by atoms with E-state index in [9.17, 15) is 14.9 Å². The summed E-state index contributed by atoms with van der Waals surface area (Å²) in [6.45, 7) is 22.0. The fourth-order valence-electron chi connectivity index (χ4n) is 4.52. The number of nitrogens with zero attached hydrogens (tertiary/aromatic N) is 4. The van der Waals surface area contributed by atoms with E-state index in [0.29, 0.717) is 0 Å². The number of hydrogen-bond donors (Lipinski definition) is 0.